The first-order valence-corrected chi connectivity index (χ1v) is 8.82. The molecule has 3 rings (SSSR count). The second-order valence-electron chi connectivity index (χ2n) is 5.48. The van der Waals surface area contributed by atoms with Crippen LogP contribution in [0.3, 0.4) is 0 Å². The molecule has 1 atom stereocenters. The van der Waals surface area contributed by atoms with Gasteiger partial charge in [-0.3, -0.25) is 0 Å². The van der Waals surface area contributed by atoms with E-state index in [-0.39, 0.29) is 5.82 Å². The summed E-state index contributed by atoms with van der Waals surface area (Å²) in [4.78, 5) is 2.08. The van der Waals surface area contributed by atoms with Gasteiger partial charge in [-0.2, -0.15) is 0 Å². The van der Waals surface area contributed by atoms with Crippen LogP contribution >= 0.6 is 27.3 Å². The van der Waals surface area contributed by atoms with Crippen LogP contribution in [0.5, 0.6) is 0 Å². The lowest BCUT2D eigenvalue weighted by molar-refractivity contribution is 0.0576. The quantitative estimate of drug-likeness (QED) is 0.797. The minimum absolute atomic E-state index is 0.283. The Morgan fingerprint density at radius 1 is 1.45 bits per heavy atom. The van der Waals surface area contributed by atoms with E-state index in [2.05, 4.69) is 31.0 Å². The molecule has 2 aromatic rings. The number of anilines is 1. The summed E-state index contributed by atoms with van der Waals surface area (Å²) in [6, 6.07) is 4.84. The predicted octanol–water partition coefficient (Wildman–Crippen LogP) is 3.97. The van der Waals surface area contributed by atoms with E-state index in [4.69, 9.17) is 4.74 Å². The highest BCUT2D eigenvalue weighted by atomic mass is 79.9. The maximum atomic E-state index is 13.9. The first-order valence-electron chi connectivity index (χ1n) is 7.21. The van der Waals surface area contributed by atoms with Gasteiger partial charge >= 0.3 is 0 Å². The second kappa shape index (κ2) is 7.02. The molecule has 0 bridgehead atoms. The molecule has 0 spiro atoms. The van der Waals surface area contributed by atoms with Gasteiger partial charge in [0.15, 0.2) is 5.01 Å². The van der Waals surface area contributed by atoms with E-state index < -0.39 is 0 Å². The molecule has 4 nitrogen and oxygen atoms in total. The molecule has 0 aliphatic carbocycles. The molecule has 1 aliphatic rings. The van der Waals surface area contributed by atoms with Crippen LogP contribution in [-0.2, 0) is 4.74 Å². The van der Waals surface area contributed by atoms with E-state index in [1.54, 1.807) is 12.1 Å². The van der Waals surface area contributed by atoms with Crippen molar-refractivity contribution in [3.8, 4) is 10.6 Å². The van der Waals surface area contributed by atoms with Crippen molar-refractivity contribution in [3.63, 3.8) is 0 Å². The van der Waals surface area contributed by atoms with Crippen molar-refractivity contribution in [2.75, 3.05) is 31.7 Å². The predicted molar refractivity (Wildman–Crippen MR) is 89.8 cm³/mol. The zero-order valence-corrected chi connectivity index (χ0v) is 14.7. The van der Waals surface area contributed by atoms with E-state index >= 15 is 0 Å². The molecule has 1 fully saturated rings. The van der Waals surface area contributed by atoms with Crippen LogP contribution in [0.4, 0.5) is 9.52 Å². The van der Waals surface area contributed by atoms with E-state index in [0.717, 1.165) is 35.8 Å². The summed E-state index contributed by atoms with van der Waals surface area (Å²) in [5.74, 6) is 0.239. The Hall–Kier alpha value is -1.05. The highest BCUT2D eigenvalue weighted by Gasteiger charge is 2.19. The molecule has 0 saturated carbocycles. The number of nitrogens with zero attached hydrogens (tertiary/aromatic N) is 3. The van der Waals surface area contributed by atoms with Crippen LogP contribution < -0.4 is 4.90 Å². The Morgan fingerprint density at radius 3 is 3.09 bits per heavy atom. The molecular weight excluding hydrogens is 369 g/mol. The van der Waals surface area contributed by atoms with Gasteiger partial charge in [0.1, 0.15) is 5.82 Å². The van der Waals surface area contributed by atoms with E-state index in [0.29, 0.717) is 16.5 Å². The van der Waals surface area contributed by atoms with Crippen molar-refractivity contribution < 1.29 is 9.13 Å². The van der Waals surface area contributed by atoms with Crippen LogP contribution in [0, 0.1) is 11.7 Å². The average molecular weight is 386 g/mol. The number of aromatic nitrogens is 2. The zero-order valence-electron chi connectivity index (χ0n) is 12.3. The summed E-state index contributed by atoms with van der Waals surface area (Å²) in [5.41, 5.74) is 0.479. The van der Waals surface area contributed by atoms with Crippen molar-refractivity contribution in [2.45, 2.75) is 12.8 Å². The summed E-state index contributed by atoms with van der Waals surface area (Å²) in [5, 5.41) is 9.74. The Labute approximate surface area is 141 Å². The third kappa shape index (κ3) is 3.64. The Morgan fingerprint density at radius 2 is 2.32 bits per heavy atom. The summed E-state index contributed by atoms with van der Waals surface area (Å²) in [6.07, 6.45) is 2.29. The van der Waals surface area contributed by atoms with Gasteiger partial charge in [-0.25, -0.2) is 4.39 Å². The second-order valence-corrected chi connectivity index (χ2v) is 7.35. The lowest BCUT2D eigenvalue weighted by Gasteiger charge is -2.26. The van der Waals surface area contributed by atoms with Gasteiger partial charge in [0.2, 0.25) is 5.13 Å². The van der Waals surface area contributed by atoms with Crippen LogP contribution in [0.15, 0.2) is 22.7 Å². The van der Waals surface area contributed by atoms with Gasteiger partial charge in [-0.05, 0) is 37.0 Å². The molecule has 1 unspecified atom stereocenters. The van der Waals surface area contributed by atoms with Gasteiger partial charge in [0, 0.05) is 30.2 Å². The summed E-state index contributed by atoms with van der Waals surface area (Å²) < 4.78 is 20.3. The number of ether oxygens (including phenoxy) is 1. The molecule has 1 aromatic carbocycles. The van der Waals surface area contributed by atoms with E-state index in [1.807, 2.05) is 7.05 Å². The Kier molecular flexibility index (Phi) is 5.05. The standard InChI is InChI=1S/C15H17BrFN3OS/c1-20(8-10-3-2-6-21-9-10)15-19-18-14(22-15)12-7-11(16)4-5-13(12)17/h4-5,7,10H,2-3,6,8-9H2,1H3. The molecule has 1 aromatic heterocycles. The van der Waals surface area contributed by atoms with Crippen LogP contribution in [0.2, 0.25) is 0 Å². The Bertz CT molecular complexity index is 645. The maximum Gasteiger partial charge on any atom is 0.208 e. The molecule has 0 N–H and O–H groups in total. The molecule has 1 aliphatic heterocycles. The minimum atomic E-state index is -0.283. The Balaban J connectivity index is 1.73. The largest absolute Gasteiger partial charge is 0.381 e. The van der Waals surface area contributed by atoms with Crippen molar-refractivity contribution in [3.05, 3.63) is 28.5 Å². The molecule has 0 amide bonds. The van der Waals surface area contributed by atoms with Crippen LogP contribution in [-0.4, -0.2) is 37.0 Å². The molecule has 118 valence electrons. The summed E-state index contributed by atoms with van der Waals surface area (Å²) in [6.45, 7) is 2.55. The van der Waals surface area contributed by atoms with Crippen molar-refractivity contribution in [2.24, 2.45) is 5.92 Å². The number of rotatable bonds is 4. The van der Waals surface area contributed by atoms with Crippen LogP contribution in [0.25, 0.3) is 10.6 Å². The number of hydrogen-bond donors (Lipinski definition) is 0. The lowest BCUT2D eigenvalue weighted by atomic mass is 10.0. The number of hydrogen-bond acceptors (Lipinski definition) is 5. The van der Waals surface area contributed by atoms with Gasteiger partial charge in [-0.1, -0.05) is 27.3 Å². The first-order chi connectivity index (χ1) is 10.6. The lowest BCUT2D eigenvalue weighted by Crippen LogP contribution is -2.30. The summed E-state index contributed by atoms with van der Waals surface area (Å²) in [7, 11) is 2.00. The average Bonchev–Trinajstić information content (AvgIpc) is 3.00. The molecule has 2 heterocycles. The smallest absolute Gasteiger partial charge is 0.208 e. The molecule has 0 radical (unpaired) electrons. The molecule has 7 heteroatoms. The highest BCUT2D eigenvalue weighted by molar-refractivity contribution is 9.10. The monoisotopic (exact) mass is 385 g/mol. The fourth-order valence-electron chi connectivity index (χ4n) is 2.56. The van der Waals surface area contributed by atoms with Gasteiger partial charge < -0.3 is 9.64 Å². The van der Waals surface area contributed by atoms with Crippen molar-refractivity contribution in [1.29, 1.82) is 0 Å². The SMILES string of the molecule is CN(CC1CCCOC1)c1nnc(-c2cc(Br)ccc2F)s1. The fourth-order valence-corrected chi connectivity index (χ4v) is 3.75. The zero-order chi connectivity index (χ0) is 15.5. The van der Waals surface area contributed by atoms with E-state index in [1.165, 1.54) is 23.8 Å². The molecule has 22 heavy (non-hydrogen) atoms. The highest BCUT2D eigenvalue weighted by Crippen LogP contribution is 2.32. The van der Waals surface area contributed by atoms with Crippen molar-refractivity contribution in [1.82, 2.24) is 10.2 Å². The van der Waals surface area contributed by atoms with Crippen LogP contribution in [0.1, 0.15) is 12.8 Å². The number of benzene rings is 1. The molecular formula is C15H17BrFN3OS. The normalized spacial score (nSPS) is 18.4. The minimum Gasteiger partial charge on any atom is -0.381 e. The maximum absolute atomic E-state index is 13.9. The van der Waals surface area contributed by atoms with Crippen molar-refractivity contribution >= 4 is 32.4 Å². The fraction of sp³-hybridized carbons (Fsp3) is 0.467. The topological polar surface area (TPSA) is 38.2 Å². The van der Waals surface area contributed by atoms with Gasteiger partial charge in [0.25, 0.3) is 0 Å². The van der Waals surface area contributed by atoms with Gasteiger partial charge in [0.05, 0.1) is 6.61 Å². The first kappa shape index (κ1) is 15.8. The van der Waals surface area contributed by atoms with Gasteiger partial charge in [-0.15, -0.1) is 10.2 Å². The third-order valence-electron chi connectivity index (χ3n) is 3.69. The third-order valence-corrected chi connectivity index (χ3v) is 5.25. The molecule has 1 saturated heterocycles. The number of halogens is 2. The summed E-state index contributed by atoms with van der Waals surface area (Å²) >= 11 is 4.77. The van der Waals surface area contributed by atoms with E-state index in [9.17, 15) is 4.39 Å².